The van der Waals surface area contributed by atoms with Gasteiger partial charge in [-0.2, -0.15) is 0 Å². The fraction of sp³-hybridized carbons (Fsp3) is 0.625. The van der Waals surface area contributed by atoms with Crippen LogP contribution in [0.4, 0.5) is 0 Å². The molecule has 3 rings (SSSR count). The molecule has 21 heavy (non-hydrogen) atoms. The molecule has 1 N–H and O–H groups in total. The molecular formula is C16H23BrN2O2. The fourth-order valence-electron chi connectivity index (χ4n) is 3.51. The minimum atomic E-state index is 0.770. The summed E-state index contributed by atoms with van der Waals surface area (Å²) in [5.74, 6) is 3.27. The number of nitrogens with zero attached hydrogens (tertiary/aromatic N) is 1. The van der Waals surface area contributed by atoms with Gasteiger partial charge in [0.25, 0.3) is 0 Å². The van der Waals surface area contributed by atoms with Crippen LogP contribution < -0.4 is 14.8 Å². The number of rotatable bonds is 4. The van der Waals surface area contributed by atoms with Crippen molar-refractivity contribution in [3.05, 3.63) is 22.2 Å². The second kappa shape index (κ2) is 6.55. The lowest BCUT2D eigenvalue weighted by atomic mass is 9.88. The first-order valence-corrected chi connectivity index (χ1v) is 8.34. The van der Waals surface area contributed by atoms with Crippen molar-refractivity contribution in [3.8, 4) is 11.5 Å². The summed E-state index contributed by atoms with van der Waals surface area (Å²) >= 11 is 3.66. The topological polar surface area (TPSA) is 33.7 Å². The Bertz CT molecular complexity index is 509. The summed E-state index contributed by atoms with van der Waals surface area (Å²) in [7, 11) is 3.35. The number of piperidine rings is 1. The Morgan fingerprint density at radius 3 is 2.67 bits per heavy atom. The molecule has 5 heteroatoms. The summed E-state index contributed by atoms with van der Waals surface area (Å²) in [6.45, 7) is 5.72. The molecule has 1 aromatic carbocycles. The number of fused-ring (bicyclic) bond motifs is 1. The molecule has 4 nitrogen and oxygen atoms in total. The highest BCUT2D eigenvalue weighted by molar-refractivity contribution is 9.10. The number of ether oxygens (including phenoxy) is 2. The molecule has 0 radical (unpaired) electrons. The van der Waals surface area contributed by atoms with Gasteiger partial charge in [0.15, 0.2) is 11.5 Å². The largest absolute Gasteiger partial charge is 0.493 e. The molecule has 0 saturated carbocycles. The lowest BCUT2D eigenvalue weighted by Crippen LogP contribution is -2.39. The zero-order valence-corrected chi connectivity index (χ0v) is 14.3. The zero-order chi connectivity index (χ0) is 14.8. The van der Waals surface area contributed by atoms with Gasteiger partial charge in [-0.3, -0.25) is 4.90 Å². The third-order valence-corrected chi connectivity index (χ3v) is 5.47. The van der Waals surface area contributed by atoms with Crippen LogP contribution in [0.1, 0.15) is 12.0 Å². The van der Waals surface area contributed by atoms with Crippen molar-refractivity contribution in [3.63, 3.8) is 0 Å². The van der Waals surface area contributed by atoms with E-state index in [4.69, 9.17) is 9.47 Å². The minimum absolute atomic E-state index is 0.770. The summed E-state index contributed by atoms with van der Waals surface area (Å²) in [5, 5.41) is 3.52. The zero-order valence-electron chi connectivity index (χ0n) is 12.7. The highest BCUT2D eigenvalue weighted by Crippen LogP contribution is 2.35. The van der Waals surface area contributed by atoms with Crippen LogP contribution in [0.25, 0.3) is 0 Å². The molecule has 116 valence electrons. The van der Waals surface area contributed by atoms with Crippen molar-refractivity contribution < 1.29 is 9.47 Å². The number of halogens is 1. The number of benzene rings is 1. The normalized spacial score (nSPS) is 25.7. The van der Waals surface area contributed by atoms with Crippen LogP contribution in [0.2, 0.25) is 0 Å². The second-order valence-corrected chi connectivity index (χ2v) is 6.86. The average Bonchev–Trinajstić information content (AvgIpc) is 2.96. The molecule has 2 atom stereocenters. The number of likely N-dealkylation sites (tertiary alicyclic amines) is 1. The molecule has 0 amide bonds. The van der Waals surface area contributed by atoms with E-state index in [-0.39, 0.29) is 0 Å². The van der Waals surface area contributed by atoms with E-state index >= 15 is 0 Å². The maximum atomic E-state index is 5.42. The molecule has 2 fully saturated rings. The maximum Gasteiger partial charge on any atom is 0.161 e. The molecule has 2 aliphatic rings. The van der Waals surface area contributed by atoms with Crippen molar-refractivity contribution in [1.29, 1.82) is 0 Å². The highest BCUT2D eigenvalue weighted by atomic mass is 79.9. The van der Waals surface area contributed by atoms with Crippen LogP contribution in [0.3, 0.4) is 0 Å². The van der Waals surface area contributed by atoms with Crippen molar-refractivity contribution in [2.24, 2.45) is 11.8 Å². The molecule has 0 spiro atoms. The molecular weight excluding hydrogens is 332 g/mol. The van der Waals surface area contributed by atoms with Gasteiger partial charge in [-0.1, -0.05) is 15.9 Å². The van der Waals surface area contributed by atoms with Gasteiger partial charge in [0.2, 0.25) is 0 Å². The second-order valence-electron chi connectivity index (χ2n) is 6.00. The summed E-state index contributed by atoms with van der Waals surface area (Å²) in [6.07, 6.45) is 1.31. The number of methoxy groups -OCH3 is 2. The van der Waals surface area contributed by atoms with Crippen molar-refractivity contribution >= 4 is 15.9 Å². The van der Waals surface area contributed by atoms with Crippen LogP contribution in [-0.4, -0.2) is 45.3 Å². The van der Waals surface area contributed by atoms with Gasteiger partial charge in [0, 0.05) is 17.6 Å². The van der Waals surface area contributed by atoms with Crippen molar-refractivity contribution in [2.75, 3.05) is 40.4 Å². The first kappa shape index (κ1) is 15.1. The van der Waals surface area contributed by atoms with Gasteiger partial charge in [0.1, 0.15) is 0 Å². The van der Waals surface area contributed by atoms with Crippen LogP contribution >= 0.6 is 15.9 Å². The van der Waals surface area contributed by atoms with Crippen LogP contribution in [0.15, 0.2) is 16.6 Å². The Hall–Kier alpha value is -0.780. The SMILES string of the molecule is COc1cc(Br)c(CN2CCC3CNCC3C2)cc1OC. The Labute approximate surface area is 134 Å². The van der Waals surface area contributed by atoms with Crippen LogP contribution in [0.5, 0.6) is 11.5 Å². The summed E-state index contributed by atoms with van der Waals surface area (Å²) in [5.41, 5.74) is 1.26. The smallest absolute Gasteiger partial charge is 0.161 e. The van der Waals surface area contributed by atoms with Crippen molar-refractivity contribution in [2.45, 2.75) is 13.0 Å². The predicted molar refractivity (Wildman–Crippen MR) is 87.0 cm³/mol. The molecule has 2 aliphatic heterocycles. The number of nitrogens with one attached hydrogen (secondary N) is 1. The van der Waals surface area contributed by atoms with Gasteiger partial charge < -0.3 is 14.8 Å². The minimum Gasteiger partial charge on any atom is -0.493 e. The standard InChI is InChI=1S/C16H23BrN2O2/c1-20-15-5-12(14(17)6-16(15)21-2)9-19-4-3-11-7-18-8-13(11)10-19/h5-6,11,13,18H,3-4,7-10H2,1-2H3. The Morgan fingerprint density at radius 1 is 1.19 bits per heavy atom. The summed E-state index contributed by atoms with van der Waals surface area (Å²) in [4.78, 5) is 2.56. The van der Waals surface area contributed by atoms with Crippen LogP contribution in [-0.2, 0) is 6.54 Å². The van der Waals surface area contributed by atoms with Gasteiger partial charge >= 0.3 is 0 Å². The molecule has 1 aromatic rings. The van der Waals surface area contributed by atoms with E-state index in [1.807, 2.05) is 6.07 Å². The number of hydrogen-bond acceptors (Lipinski definition) is 4. The monoisotopic (exact) mass is 354 g/mol. The quantitative estimate of drug-likeness (QED) is 0.900. The van der Waals surface area contributed by atoms with E-state index < -0.39 is 0 Å². The molecule has 2 heterocycles. The molecule has 2 saturated heterocycles. The Morgan fingerprint density at radius 2 is 1.90 bits per heavy atom. The highest BCUT2D eigenvalue weighted by Gasteiger charge is 2.32. The van der Waals surface area contributed by atoms with E-state index in [1.165, 1.54) is 38.2 Å². The fourth-order valence-corrected chi connectivity index (χ4v) is 3.96. The summed E-state index contributed by atoms with van der Waals surface area (Å²) in [6, 6.07) is 4.08. The van der Waals surface area contributed by atoms with E-state index in [0.29, 0.717) is 0 Å². The number of hydrogen-bond donors (Lipinski definition) is 1. The van der Waals surface area contributed by atoms with E-state index in [2.05, 4.69) is 32.2 Å². The first-order chi connectivity index (χ1) is 10.2. The third kappa shape index (κ3) is 3.20. The van der Waals surface area contributed by atoms with Crippen molar-refractivity contribution in [1.82, 2.24) is 10.2 Å². The average molecular weight is 355 g/mol. The van der Waals surface area contributed by atoms with Gasteiger partial charge in [-0.05, 0) is 55.6 Å². The van der Waals surface area contributed by atoms with E-state index in [1.54, 1.807) is 14.2 Å². The molecule has 2 unspecified atom stereocenters. The predicted octanol–water partition coefficient (Wildman–Crippen LogP) is 2.51. The lowest BCUT2D eigenvalue weighted by Gasteiger charge is -2.34. The molecule has 0 aromatic heterocycles. The lowest BCUT2D eigenvalue weighted by molar-refractivity contribution is 0.142. The summed E-state index contributed by atoms with van der Waals surface area (Å²) < 4.78 is 11.8. The molecule has 0 aliphatic carbocycles. The van der Waals surface area contributed by atoms with Gasteiger partial charge in [-0.15, -0.1) is 0 Å². The molecule has 0 bridgehead atoms. The van der Waals surface area contributed by atoms with Gasteiger partial charge in [-0.25, -0.2) is 0 Å². The van der Waals surface area contributed by atoms with Crippen LogP contribution in [0, 0.1) is 11.8 Å². The Balaban J connectivity index is 1.72. The van der Waals surface area contributed by atoms with Gasteiger partial charge in [0.05, 0.1) is 14.2 Å². The third-order valence-electron chi connectivity index (χ3n) is 4.74. The van der Waals surface area contributed by atoms with E-state index in [0.717, 1.165) is 34.4 Å². The first-order valence-electron chi connectivity index (χ1n) is 7.54. The van der Waals surface area contributed by atoms with E-state index in [9.17, 15) is 0 Å². The Kier molecular flexibility index (Phi) is 4.72. The maximum absolute atomic E-state index is 5.42.